The molecule has 1 heterocycles. The molecular weight excluding hydrogens is 317 g/mol. The van der Waals surface area contributed by atoms with Crippen molar-refractivity contribution in [3.05, 3.63) is 71.5 Å². The Kier molecular flexibility index (Phi) is 5.84. The zero-order chi connectivity index (χ0) is 17.7. The maximum atomic E-state index is 13.4. The Morgan fingerprint density at radius 2 is 1.72 bits per heavy atom. The van der Waals surface area contributed by atoms with E-state index in [-0.39, 0.29) is 11.7 Å². The third-order valence-corrected chi connectivity index (χ3v) is 5.21. The van der Waals surface area contributed by atoms with Crippen molar-refractivity contribution in [3.8, 4) is 0 Å². The predicted octanol–water partition coefficient (Wildman–Crippen LogP) is 3.54. The third kappa shape index (κ3) is 4.09. The molecule has 0 spiro atoms. The third-order valence-electron chi connectivity index (χ3n) is 5.21. The Labute approximate surface area is 149 Å². The largest absolute Gasteiger partial charge is 0.384 e. The molecule has 1 aliphatic heterocycles. The molecule has 4 heteroatoms. The van der Waals surface area contributed by atoms with Gasteiger partial charge in [-0.05, 0) is 29.7 Å². The molecule has 1 aliphatic rings. The van der Waals surface area contributed by atoms with Crippen LogP contribution in [0.3, 0.4) is 0 Å². The fourth-order valence-corrected chi connectivity index (χ4v) is 3.65. The lowest BCUT2D eigenvalue weighted by Crippen LogP contribution is -2.44. The van der Waals surface area contributed by atoms with E-state index in [1.54, 1.807) is 12.1 Å². The van der Waals surface area contributed by atoms with Crippen LogP contribution in [0.15, 0.2) is 54.6 Å². The molecule has 3 rings (SSSR count). The normalized spacial score (nSPS) is 19.3. The highest BCUT2D eigenvalue weighted by molar-refractivity contribution is 5.32. The van der Waals surface area contributed by atoms with E-state index in [0.717, 1.165) is 44.0 Å². The SMILES string of the molecule is CC[C@](O)(c1ccc(F)cc1)[C@H](CN1CCOCC1)c1ccccc1. The van der Waals surface area contributed by atoms with Crippen LogP contribution in [0.2, 0.25) is 0 Å². The van der Waals surface area contributed by atoms with Crippen molar-refractivity contribution in [3.63, 3.8) is 0 Å². The lowest BCUT2D eigenvalue weighted by Gasteiger charge is -2.40. The lowest BCUT2D eigenvalue weighted by atomic mass is 9.75. The number of aliphatic hydroxyl groups is 1. The molecule has 0 saturated carbocycles. The van der Waals surface area contributed by atoms with E-state index in [9.17, 15) is 9.50 Å². The van der Waals surface area contributed by atoms with Gasteiger partial charge in [0.25, 0.3) is 0 Å². The number of benzene rings is 2. The first-order valence-electron chi connectivity index (χ1n) is 8.97. The van der Waals surface area contributed by atoms with E-state index >= 15 is 0 Å². The molecule has 0 unspecified atom stereocenters. The monoisotopic (exact) mass is 343 g/mol. The van der Waals surface area contributed by atoms with E-state index in [4.69, 9.17) is 4.74 Å². The minimum absolute atomic E-state index is 0.0951. The summed E-state index contributed by atoms with van der Waals surface area (Å²) in [4.78, 5) is 2.34. The molecule has 2 atom stereocenters. The van der Waals surface area contributed by atoms with E-state index in [0.29, 0.717) is 6.42 Å². The van der Waals surface area contributed by atoms with Crippen LogP contribution in [-0.2, 0) is 10.3 Å². The Morgan fingerprint density at radius 3 is 2.32 bits per heavy atom. The molecule has 2 aromatic carbocycles. The summed E-state index contributed by atoms with van der Waals surface area (Å²) in [6.07, 6.45) is 0.558. The molecule has 0 bridgehead atoms. The van der Waals surface area contributed by atoms with Gasteiger partial charge in [0.05, 0.1) is 18.8 Å². The lowest BCUT2D eigenvalue weighted by molar-refractivity contribution is -0.0250. The Hall–Kier alpha value is -1.75. The summed E-state index contributed by atoms with van der Waals surface area (Å²) in [5.41, 5.74) is 0.814. The minimum Gasteiger partial charge on any atom is -0.384 e. The number of hydrogen-bond acceptors (Lipinski definition) is 3. The fourth-order valence-electron chi connectivity index (χ4n) is 3.65. The van der Waals surface area contributed by atoms with Crippen LogP contribution in [0.4, 0.5) is 4.39 Å². The van der Waals surface area contributed by atoms with Gasteiger partial charge in [0.1, 0.15) is 5.82 Å². The smallest absolute Gasteiger partial charge is 0.123 e. The Morgan fingerprint density at radius 1 is 1.08 bits per heavy atom. The zero-order valence-corrected chi connectivity index (χ0v) is 14.7. The number of nitrogens with zero attached hydrogens (tertiary/aromatic N) is 1. The zero-order valence-electron chi connectivity index (χ0n) is 14.7. The fraction of sp³-hybridized carbons (Fsp3) is 0.429. The average Bonchev–Trinajstić information content (AvgIpc) is 2.67. The summed E-state index contributed by atoms with van der Waals surface area (Å²) in [6, 6.07) is 16.4. The molecule has 0 amide bonds. The summed E-state index contributed by atoms with van der Waals surface area (Å²) in [6.45, 7) is 5.91. The van der Waals surface area contributed by atoms with Crippen LogP contribution in [0.1, 0.15) is 30.4 Å². The standard InChI is InChI=1S/C21H26FNO2/c1-2-21(24,18-8-10-19(22)11-9-18)20(17-6-4-3-5-7-17)16-23-12-14-25-15-13-23/h3-11,20,24H,2,12-16H2,1H3/t20-,21+/m1/s1. The summed E-state index contributed by atoms with van der Waals surface area (Å²) >= 11 is 0. The van der Waals surface area contributed by atoms with Crippen molar-refractivity contribution in [2.24, 2.45) is 0 Å². The van der Waals surface area contributed by atoms with Gasteiger partial charge in [0.15, 0.2) is 0 Å². The van der Waals surface area contributed by atoms with E-state index < -0.39 is 5.60 Å². The molecule has 1 saturated heterocycles. The average molecular weight is 343 g/mol. The van der Waals surface area contributed by atoms with Gasteiger partial charge >= 0.3 is 0 Å². The molecule has 1 fully saturated rings. The second-order valence-corrected chi connectivity index (χ2v) is 6.66. The number of halogens is 1. The van der Waals surface area contributed by atoms with Gasteiger partial charge in [-0.2, -0.15) is 0 Å². The minimum atomic E-state index is -1.05. The highest BCUT2D eigenvalue weighted by Crippen LogP contribution is 2.40. The summed E-state index contributed by atoms with van der Waals surface area (Å²) < 4.78 is 18.8. The van der Waals surface area contributed by atoms with Crippen LogP contribution in [0, 0.1) is 5.82 Å². The van der Waals surface area contributed by atoms with Crippen molar-refractivity contribution in [1.82, 2.24) is 4.90 Å². The van der Waals surface area contributed by atoms with Crippen LogP contribution in [-0.4, -0.2) is 42.9 Å². The van der Waals surface area contributed by atoms with Crippen molar-refractivity contribution in [2.75, 3.05) is 32.8 Å². The maximum Gasteiger partial charge on any atom is 0.123 e. The van der Waals surface area contributed by atoms with Gasteiger partial charge in [-0.3, -0.25) is 4.90 Å². The Balaban J connectivity index is 1.96. The van der Waals surface area contributed by atoms with Crippen LogP contribution in [0.5, 0.6) is 0 Å². The molecule has 25 heavy (non-hydrogen) atoms. The molecule has 0 radical (unpaired) electrons. The van der Waals surface area contributed by atoms with Crippen molar-refractivity contribution in [2.45, 2.75) is 24.9 Å². The molecule has 2 aromatic rings. The van der Waals surface area contributed by atoms with E-state index in [1.165, 1.54) is 12.1 Å². The Bertz CT molecular complexity index is 655. The van der Waals surface area contributed by atoms with Gasteiger partial charge in [0, 0.05) is 25.6 Å². The molecule has 0 aromatic heterocycles. The second kappa shape index (κ2) is 8.09. The van der Waals surface area contributed by atoms with Crippen LogP contribution in [0.25, 0.3) is 0 Å². The van der Waals surface area contributed by atoms with E-state index in [1.807, 2.05) is 25.1 Å². The number of rotatable bonds is 6. The summed E-state index contributed by atoms with van der Waals surface area (Å²) in [5.74, 6) is -0.381. The number of hydrogen-bond donors (Lipinski definition) is 1. The first-order chi connectivity index (χ1) is 12.1. The highest BCUT2D eigenvalue weighted by atomic mass is 19.1. The molecule has 1 N–H and O–H groups in total. The quantitative estimate of drug-likeness (QED) is 0.871. The second-order valence-electron chi connectivity index (χ2n) is 6.66. The van der Waals surface area contributed by atoms with Gasteiger partial charge < -0.3 is 9.84 Å². The number of ether oxygens (including phenoxy) is 1. The molecular formula is C21H26FNO2. The van der Waals surface area contributed by atoms with Crippen molar-refractivity contribution >= 4 is 0 Å². The van der Waals surface area contributed by atoms with Crippen LogP contribution >= 0.6 is 0 Å². The van der Waals surface area contributed by atoms with Gasteiger partial charge in [-0.1, -0.05) is 49.4 Å². The van der Waals surface area contributed by atoms with E-state index in [2.05, 4.69) is 17.0 Å². The summed E-state index contributed by atoms with van der Waals surface area (Å²) in [7, 11) is 0. The first kappa shape index (κ1) is 18.1. The van der Waals surface area contributed by atoms with Gasteiger partial charge in [-0.25, -0.2) is 4.39 Å². The van der Waals surface area contributed by atoms with Crippen molar-refractivity contribution in [1.29, 1.82) is 0 Å². The van der Waals surface area contributed by atoms with Crippen LogP contribution < -0.4 is 0 Å². The highest BCUT2D eigenvalue weighted by Gasteiger charge is 2.39. The summed E-state index contributed by atoms with van der Waals surface area (Å²) in [5, 5.41) is 11.6. The first-order valence-corrected chi connectivity index (χ1v) is 8.97. The van der Waals surface area contributed by atoms with Crippen molar-refractivity contribution < 1.29 is 14.2 Å². The topological polar surface area (TPSA) is 32.7 Å². The maximum absolute atomic E-state index is 13.4. The molecule has 134 valence electrons. The molecule has 0 aliphatic carbocycles. The molecule has 3 nitrogen and oxygen atoms in total. The predicted molar refractivity (Wildman–Crippen MR) is 97.0 cm³/mol. The van der Waals surface area contributed by atoms with Gasteiger partial charge in [-0.15, -0.1) is 0 Å². The number of morpholine rings is 1. The van der Waals surface area contributed by atoms with Gasteiger partial charge in [0.2, 0.25) is 0 Å².